The van der Waals surface area contributed by atoms with Crippen molar-refractivity contribution >= 4 is 54.9 Å². The van der Waals surface area contributed by atoms with E-state index in [0.717, 1.165) is 43.0 Å². The number of hydrogen-bond donors (Lipinski definition) is 1. The van der Waals surface area contributed by atoms with Crippen LogP contribution in [0.3, 0.4) is 0 Å². The quantitative estimate of drug-likeness (QED) is 0.250. The van der Waals surface area contributed by atoms with Gasteiger partial charge in [0.1, 0.15) is 17.6 Å². The van der Waals surface area contributed by atoms with E-state index in [2.05, 4.69) is 97.3 Å². The highest BCUT2D eigenvalue weighted by Gasteiger charge is 2.42. The van der Waals surface area contributed by atoms with Gasteiger partial charge in [-0.2, -0.15) is 0 Å². The second-order valence-electron chi connectivity index (χ2n) is 8.12. The van der Waals surface area contributed by atoms with Gasteiger partial charge in [-0.25, -0.2) is 0 Å². The predicted molar refractivity (Wildman–Crippen MR) is 143 cm³/mol. The number of aryl methyl sites for hydroxylation is 2. The molecular formula is C26H21Br2N3OS. The molecule has 0 aliphatic carbocycles. The number of nitrogens with zero attached hydrogens (tertiary/aromatic N) is 2. The van der Waals surface area contributed by atoms with Gasteiger partial charge in [0, 0.05) is 26.4 Å². The monoisotopic (exact) mass is 581 g/mol. The fourth-order valence-corrected chi connectivity index (χ4v) is 5.46. The van der Waals surface area contributed by atoms with Gasteiger partial charge in [-0.3, -0.25) is 4.98 Å². The largest absolute Gasteiger partial charge is 0.459 e. The van der Waals surface area contributed by atoms with Crippen LogP contribution in [0.15, 0.2) is 86.3 Å². The Labute approximate surface area is 215 Å². The summed E-state index contributed by atoms with van der Waals surface area (Å²) in [6, 6.07) is 22.2. The number of thiocarbonyl (C=S) groups is 1. The number of hydrogen-bond acceptors (Lipinski definition) is 3. The first-order valence-corrected chi connectivity index (χ1v) is 12.5. The van der Waals surface area contributed by atoms with Crippen LogP contribution in [0, 0.1) is 13.8 Å². The maximum absolute atomic E-state index is 6.47. The Morgan fingerprint density at radius 1 is 0.970 bits per heavy atom. The average molecular weight is 583 g/mol. The summed E-state index contributed by atoms with van der Waals surface area (Å²) in [5.41, 5.74) is 5.26. The minimum Gasteiger partial charge on any atom is -0.459 e. The van der Waals surface area contributed by atoms with Crippen LogP contribution < -0.4 is 10.2 Å². The highest BCUT2D eigenvalue weighted by atomic mass is 79.9. The molecule has 1 aliphatic heterocycles. The molecule has 7 heteroatoms. The Bertz CT molecular complexity index is 1340. The van der Waals surface area contributed by atoms with Crippen molar-refractivity contribution in [2.75, 3.05) is 4.90 Å². The molecule has 2 aromatic carbocycles. The first-order valence-electron chi connectivity index (χ1n) is 10.6. The lowest BCUT2D eigenvalue weighted by molar-refractivity contribution is 0.439. The van der Waals surface area contributed by atoms with Crippen LogP contribution in [-0.2, 0) is 0 Å². The molecule has 0 bridgehead atoms. The summed E-state index contributed by atoms with van der Waals surface area (Å²) >= 11 is 13.1. The van der Waals surface area contributed by atoms with Crippen LogP contribution in [0.2, 0.25) is 0 Å². The molecule has 2 aromatic heterocycles. The fourth-order valence-electron chi connectivity index (χ4n) is 4.18. The lowest BCUT2D eigenvalue weighted by Crippen LogP contribution is -2.29. The third-order valence-corrected chi connectivity index (χ3v) is 7.69. The number of benzene rings is 2. The summed E-state index contributed by atoms with van der Waals surface area (Å²) in [6.07, 6.45) is 1.81. The van der Waals surface area contributed by atoms with Crippen molar-refractivity contribution in [3.63, 3.8) is 0 Å². The molecule has 5 rings (SSSR count). The van der Waals surface area contributed by atoms with Crippen molar-refractivity contribution < 1.29 is 4.42 Å². The van der Waals surface area contributed by atoms with E-state index in [9.17, 15) is 0 Å². The summed E-state index contributed by atoms with van der Waals surface area (Å²) in [7, 11) is 0. The molecule has 33 heavy (non-hydrogen) atoms. The van der Waals surface area contributed by atoms with Crippen molar-refractivity contribution in [3.05, 3.63) is 104 Å². The molecule has 166 valence electrons. The Hall–Kier alpha value is -2.48. The zero-order valence-corrected chi connectivity index (χ0v) is 22.0. The zero-order valence-electron chi connectivity index (χ0n) is 18.0. The van der Waals surface area contributed by atoms with E-state index in [1.165, 1.54) is 5.56 Å². The average Bonchev–Trinajstić information content (AvgIpc) is 3.41. The predicted octanol–water partition coefficient (Wildman–Crippen LogP) is 7.66. The number of furan rings is 1. The Kier molecular flexibility index (Phi) is 6.12. The van der Waals surface area contributed by atoms with Gasteiger partial charge in [-0.05, 0) is 91.8 Å². The van der Waals surface area contributed by atoms with E-state index in [1.54, 1.807) is 6.20 Å². The van der Waals surface area contributed by atoms with Crippen molar-refractivity contribution in [1.82, 2.24) is 10.3 Å². The van der Waals surface area contributed by atoms with E-state index >= 15 is 0 Å². The third kappa shape index (κ3) is 4.25. The van der Waals surface area contributed by atoms with Crippen molar-refractivity contribution in [3.8, 4) is 11.3 Å². The molecule has 0 saturated carbocycles. The summed E-state index contributed by atoms with van der Waals surface area (Å²) in [6.45, 7) is 4.15. The van der Waals surface area contributed by atoms with Crippen LogP contribution in [0.5, 0.6) is 0 Å². The SMILES string of the molecule is Cc1ccc(-c2ccc([C@H]3[C@@H](c4ccccn4)NC(=S)N3c3ccc(Br)c(C)c3)o2)c(Br)c1. The Morgan fingerprint density at radius 3 is 2.55 bits per heavy atom. The molecule has 0 unspecified atom stereocenters. The first kappa shape index (κ1) is 22.3. The van der Waals surface area contributed by atoms with Crippen LogP contribution in [0.1, 0.15) is 34.7 Å². The van der Waals surface area contributed by atoms with Crippen molar-refractivity contribution in [2.45, 2.75) is 25.9 Å². The minimum atomic E-state index is -0.189. The van der Waals surface area contributed by atoms with Crippen molar-refractivity contribution in [1.29, 1.82) is 0 Å². The molecule has 2 atom stereocenters. The Morgan fingerprint density at radius 2 is 1.82 bits per heavy atom. The number of aromatic nitrogens is 1. The number of pyridine rings is 1. The second kappa shape index (κ2) is 9.05. The number of halogens is 2. The maximum atomic E-state index is 6.47. The van der Waals surface area contributed by atoms with E-state index in [4.69, 9.17) is 16.6 Å². The fraction of sp³-hybridized carbons (Fsp3) is 0.154. The van der Waals surface area contributed by atoms with Gasteiger partial charge >= 0.3 is 0 Å². The molecule has 4 aromatic rings. The smallest absolute Gasteiger partial charge is 0.174 e. The van der Waals surface area contributed by atoms with Gasteiger partial charge in [0.2, 0.25) is 0 Å². The summed E-state index contributed by atoms with van der Waals surface area (Å²) in [5.74, 6) is 1.63. The molecule has 1 saturated heterocycles. The standard InChI is InChI=1S/C26H21Br2N3OS/c1-15-6-8-18(20(28)13-15)22-10-11-23(32-22)25-24(21-5-3-4-12-29-21)30-26(33)31(25)17-7-9-19(27)16(2)14-17/h3-14,24-25H,1-2H3,(H,30,33)/t24-,25+/m1/s1. The van der Waals surface area contributed by atoms with Crippen LogP contribution in [0.4, 0.5) is 5.69 Å². The van der Waals surface area contributed by atoms with Gasteiger partial charge in [-0.1, -0.05) is 44.0 Å². The van der Waals surface area contributed by atoms with Crippen LogP contribution in [0.25, 0.3) is 11.3 Å². The van der Waals surface area contributed by atoms with Gasteiger partial charge in [0.15, 0.2) is 5.11 Å². The van der Waals surface area contributed by atoms with Gasteiger partial charge in [0.25, 0.3) is 0 Å². The molecule has 0 amide bonds. The van der Waals surface area contributed by atoms with Gasteiger partial charge in [-0.15, -0.1) is 0 Å². The third-order valence-electron chi connectivity index (χ3n) is 5.83. The van der Waals surface area contributed by atoms with E-state index in [1.807, 2.05) is 30.3 Å². The summed E-state index contributed by atoms with van der Waals surface area (Å²) < 4.78 is 8.54. The minimum absolute atomic E-state index is 0.150. The zero-order chi connectivity index (χ0) is 23.1. The second-order valence-corrected chi connectivity index (χ2v) is 10.2. The van der Waals surface area contributed by atoms with Gasteiger partial charge < -0.3 is 14.6 Å². The molecule has 1 aliphatic rings. The number of rotatable bonds is 4. The number of anilines is 1. The molecule has 3 heterocycles. The molecule has 0 spiro atoms. The molecule has 1 N–H and O–H groups in total. The van der Waals surface area contributed by atoms with Gasteiger partial charge in [0.05, 0.1) is 11.7 Å². The lowest BCUT2D eigenvalue weighted by Gasteiger charge is -2.26. The van der Waals surface area contributed by atoms with Crippen molar-refractivity contribution in [2.24, 2.45) is 0 Å². The van der Waals surface area contributed by atoms with Crippen LogP contribution in [-0.4, -0.2) is 10.1 Å². The van der Waals surface area contributed by atoms with Crippen LogP contribution >= 0.6 is 44.1 Å². The molecule has 4 nitrogen and oxygen atoms in total. The van der Waals surface area contributed by atoms with E-state index in [0.29, 0.717) is 5.11 Å². The molecule has 0 radical (unpaired) electrons. The summed E-state index contributed by atoms with van der Waals surface area (Å²) in [4.78, 5) is 6.74. The molecule has 1 fully saturated rings. The molecular weight excluding hydrogens is 562 g/mol. The highest BCUT2D eigenvalue weighted by molar-refractivity contribution is 9.10. The normalized spacial score (nSPS) is 17.9. The summed E-state index contributed by atoms with van der Waals surface area (Å²) in [5, 5.41) is 4.13. The van der Waals surface area contributed by atoms with E-state index in [-0.39, 0.29) is 12.1 Å². The highest BCUT2D eigenvalue weighted by Crippen LogP contribution is 2.44. The van der Waals surface area contributed by atoms with E-state index < -0.39 is 0 Å². The Balaban J connectivity index is 1.61. The maximum Gasteiger partial charge on any atom is 0.174 e. The topological polar surface area (TPSA) is 41.3 Å². The first-order chi connectivity index (χ1) is 15.9. The number of nitrogens with one attached hydrogen (secondary N) is 1. The lowest BCUT2D eigenvalue weighted by atomic mass is 10.0.